The Morgan fingerprint density at radius 1 is 1.42 bits per heavy atom. The minimum atomic E-state index is -3.43. The van der Waals surface area contributed by atoms with Crippen LogP contribution in [0.25, 0.3) is 0 Å². The lowest BCUT2D eigenvalue weighted by Gasteiger charge is -2.35. The highest BCUT2D eigenvalue weighted by molar-refractivity contribution is 7.88. The fourth-order valence-corrected chi connectivity index (χ4v) is 4.08. The number of hydrogen-bond donors (Lipinski definition) is 0. The first-order chi connectivity index (χ1) is 11.2. The number of sulfonamides is 1. The van der Waals surface area contributed by atoms with E-state index in [1.54, 1.807) is 13.1 Å². The lowest BCUT2D eigenvalue weighted by molar-refractivity contribution is -0.135. The van der Waals surface area contributed by atoms with Crippen LogP contribution in [0.5, 0.6) is 5.75 Å². The Morgan fingerprint density at radius 3 is 2.71 bits per heavy atom. The number of hydrogen-bond acceptors (Lipinski definition) is 4. The SMILES string of the molecule is COc1ccc(CN(C)C(=O)C2CCCCN2S(C)(=O)=O)cc1F. The third kappa shape index (κ3) is 4.24. The van der Waals surface area contributed by atoms with E-state index < -0.39 is 21.9 Å². The number of likely N-dealkylation sites (N-methyl/N-ethyl adjacent to an activating group) is 1. The number of nitrogens with zero attached hydrogens (tertiary/aromatic N) is 2. The summed E-state index contributed by atoms with van der Waals surface area (Å²) in [5.41, 5.74) is 0.617. The molecule has 1 amide bonds. The lowest BCUT2D eigenvalue weighted by atomic mass is 10.0. The number of amides is 1. The summed E-state index contributed by atoms with van der Waals surface area (Å²) in [5.74, 6) is -0.620. The van der Waals surface area contributed by atoms with Crippen molar-refractivity contribution in [1.29, 1.82) is 0 Å². The molecule has 1 saturated heterocycles. The molecule has 0 radical (unpaired) electrons. The van der Waals surface area contributed by atoms with Crippen LogP contribution in [0.2, 0.25) is 0 Å². The molecule has 1 atom stereocenters. The van der Waals surface area contributed by atoms with E-state index in [9.17, 15) is 17.6 Å². The molecule has 0 saturated carbocycles. The van der Waals surface area contributed by atoms with Gasteiger partial charge in [-0.2, -0.15) is 4.31 Å². The zero-order chi connectivity index (χ0) is 17.9. The molecule has 1 aromatic rings. The van der Waals surface area contributed by atoms with Crippen molar-refractivity contribution in [2.24, 2.45) is 0 Å². The molecule has 6 nitrogen and oxygen atoms in total. The van der Waals surface area contributed by atoms with Gasteiger partial charge in [-0.1, -0.05) is 12.5 Å². The standard InChI is InChI=1S/C16H23FN2O4S/c1-18(11-12-7-8-15(23-2)13(17)10-12)16(20)14-6-4-5-9-19(14)24(3,21)22/h7-8,10,14H,4-6,9,11H2,1-3H3. The molecule has 0 spiro atoms. The van der Waals surface area contributed by atoms with Crippen molar-refractivity contribution in [2.75, 3.05) is 27.0 Å². The van der Waals surface area contributed by atoms with Crippen LogP contribution in [0.4, 0.5) is 4.39 Å². The number of carbonyl (C=O) groups is 1. The van der Waals surface area contributed by atoms with E-state index in [0.29, 0.717) is 18.5 Å². The number of methoxy groups -OCH3 is 1. The van der Waals surface area contributed by atoms with Gasteiger partial charge in [-0.25, -0.2) is 12.8 Å². The summed E-state index contributed by atoms with van der Waals surface area (Å²) in [4.78, 5) is 14.1. The van der Waals surface area contributed by atoms with Crippen molar-refractivity contribution < 1.29 is 22.3 Å². The van der Waals surface area contributed by atoms with Crippen LogP contribution in [0.15, 0.2) is 18.2 Å². The first kappa shape index (κ1) is 18.7. The fraction of sp³-hybridized carbons (Fsp3) is 0.562. The van der Waals surface area contributed by atoms with E-state index in [-0.39, 0.29) is 18.2 Å². The second-order valence-corrected chi connectivity index (χ2v) is 7.98. The number of ether oxygens (including phenoxy) is 1. The number of piperidine rings is 1. The van der Waals surface area contributed by atoms with Crippen molar-refractivity contribution in [3.8, 4) is 5.75 Å². The van der Waals surface area contributed by atoms with E-state index in [4.69, 9.17) is 4.74 Å². The molecule has 0 aliphatic carbocycles. The molecule has 1 aromatic carbocycles. The van der Waals surface area contributed by atoms with Gasteiger partial charge in [0.2, 0.25) is 15.9 Å². The van der Waals surface area contributed by atoms with Gasteiger partial charge in [0.1, 0.15) is 6.04 Å². The van der Waals surface area contributed by atoms with Crippen LogP contribution in [-0.4, -0.2) is 56.5 Å². The maximum atomic E-state index is 13.8. The summed E-state index contributed by atoms with van der Waals surface area (Å²) in [6.45, 7) is 0.564. The van der Waals surface area contributed by atoms with Crippen molar-refractivity contribution in [2.45, 2.75) is 31.8 Å². The summed E-state index contributed by atoms with van der Waals surface area (Å²) in [5, 5.41) is 0. The molecule has 1 fully saturated rings. The highest BCUT2D eigenvalue weighted by atomic mass is 32.2. The van der Waals surface area contributed by atoms with Gasteiger partial charge in [0, 0.05) is 20.1 Å². The first-order valence-electron chi connectivity index (χ1n) is 7.78. The van der Waals surface area contributed by atoms with E-state index >= 15 is 0 Å². The third-order valence-electron chi connectivity index (χ3n) is 4.18. The third-order valence-corrected chi connectivity index (χ3v) is 5.47. The zero-order valence-electron chi connectivity index (χ0n) is 14.2. The monoisotopic (exact) mass is 358 g/mol. The van der Waals surface area contributed by atoms with Gasteiger partial charge in [-0.3, -0.25) is 4.79 Å². The van der Waals surface area contributed by atoms with Gasteiger partial charge in [0.25, 0.3) is 0 Å². The lowest BCUT2D eigenvalue weighted by Crippen LogP contribution is -2.51. The van der Waals surface area contributed by atoms with E-state index in [1.165, 1.54) is 28.4 Å². The Labute approximate surface area is 142 Å². The molecule has 1 aliphatic heterocycles. The van der Waals surface area contributed by atoms with Crippen LogP contribution >= 0.6 is 0 Å². The normalized spacial score (nSPS) is 19.1. The Balaban J connectivity index is 2.12. The molecule has 1 unspecified atom stereocenters. The Morgan fingerprint density at radius 2 is 2.12 bits per heavy atom. The molecule has 0 aromatic heterocycles. The van der Waals surface area contributed by atoms with Gasteiger partial charge < -0.3 is 9.64 Å². The highest BCUT2D eigenvalue weighted by Gasteiger charge is 2.35. The zero-order valence-corrected chi connectivity index (χ0v) is 15.0. The summed E-state index contributed by atoms with van der Waals surface area (Å²) >= 11 is 0. The summed E-state index contributed by atoms with van der Waals surface area (Å²) in [6.07, 6.45) is 3.20. The topological polar surface area (TPSA) is 66.9 Å². The van der Waals surface area contributed by atoms with E-state index in [1.807, 2.05) is 0 Å². The molecule has 2 rings (SSSR count). The van der Waals surface area contributed by atoms with Crippen molar-refractivity contribution in [3.63, 3.8) is 0 Å². The number of benzene rings is 1. The van der Waals surface area contributed by atoms with Crippen molar-refractivity contribution in [3.05, 3.63) is 29.6 Å². The first-order valence-corrected chi connectivity index (χ1v) is 9.63. The number of rotatable bonds is 5. The van der Waals surface area contributed by atoms with Crippen LogP contribution in [0.3, 0.4) is 0 Å². The minimum absolute atomic E-state index is 0.142. The predicted molar refractivity (Wildman–Crippen MR) is 88.6 cm³/mol. The molecule has 1 heterocycles. The van der Waals surface area contributed by atoms with Gasteiger partial charge in [0.15, 0.2) is 11.6 Å². The van der Waals surface area contributed by atoms with Crippen molar-refractivity contribution in [1.82, 2.24) is 9.21 Å². The Hall–Kier alpha value is -1.67. The van der Waals surface area contributed by atoms with E-state index in [0.717, 1.165) is 19.1 Å². The predicted octanol–water partition coefficient (Wildman–Crippen LogP) is 1.61. The van der Waals surface area contributed by atoms with Gasteiger partial charge in [-0.05, 0) is 30.5 Å². The molecule has 1 aliphatic rings. The Kier molecular flexibility index (Phi) is 5.82. The highest BCUT2D eigenvalue weighted by Crippen LogP contribution is 2.23. The number of halogens is 1. The quantitative estimate of drug-likeness (QED) is 0.802. The average molecular weight is 358 g/mol. The molecule has 134 valence electrons. The molecular weight excluding hydrogens is 335 g/mol. The second kappa shape index (κ2) is 7.48. The van der Waals surface area contributed by atoms with Gasteiger partial charge in [-0.15, -0.1) is 0 Å². The van der Waals surface area contributed by atoms with Gasteiger partial charge >= 0.3 is 0 Å². The summed E-state index contributed by atoms with van der Waals surface area (Å²) < 4.78 is 43.7. The number of carbonyl (C=O) groups excluding carboxylic acids is 1. The molecule has 0 N–H and O–H groups in total. The van der Waals surface area contributed by atoms with Crippen LogP contribution in [0, 0.1) is 5.82 Å². The summed E-state index contributed by atoms with van der Waals surface area (Å²) in [6, 6.07) is 3.83. The minimum Gasteiger partial charge on any atom is -0.494 e. The maximum Gasteiger partial charge on any atom is 0.241 e. The molecule has 0 bridgehead atoms. The maximum absolute atomic E-state index is 13.8. The second-order valence-electron chi connectivity index (χ2n) is 6.05. The van der Waals surface area contributed by atoms with Crippen LogP contribution in [0.1, 0.15) is 24.8 Å². The molecule has 24 heavy (non-hydrogen) atoms. The van der Waals surface area contributed by atoms with Crippen LogP contribution < -0.4 is 4.74 Å². The largest absolute Gasteiger partial charge is 0.494 e. The van der Waals surface area contributed by atoms with Crippen LogP contribution in [-0.2, 0) is 21.4 Å². The molecular formula is C16H23FN2O4S. The fourth-order valence-electron chi connectivity index (χ4n) is 2.96. The molecule has 8 heteroatoms. The average Bonchev–Trinajstić information content (AvgIpc) is 2.53. The van der Waals surface area contributed by atoms with Gasteiger partial charge in [0.05, 0.1) is 13.4 Å². The van der Waals surface area contributed by atoms with Crippen molar-refractivity contribution >= 4 is 15.9 Å². The smallest absolute Gasteiger partial charge is 0.241 e. The Bertz CT molecular complexity index is 708. The van der Waals surface area contributed by atoms with E-state index in [2.05, 4.69) is 0 Å². The summed E-state index contributed by atoms with van der Waals surface area (Å²) in [7, 11) is -0.451.